The molecule has 76 valence electrons. The molecule has 1 aliphatic heterocycles. The molecule has 0 aromatic rings. The lowest BCUT2D eigenvalue weighted by Gasteiger charge is -2.49. The first-order chi connectivity index (χ1) is 6.12. The maximum absolute atomic E-state index is 9.34. The van der Waals surface area contributed by atoms with E-state index in [0.29, 0.717) is 29.8 Å². The summed E-state index contributed by atoms with van der Waals surface area (Å²) in [5, 5.41) is 12.8. The quantitative estimate of drug-likeness (QED) is 0.641. The lowest BCUT2D eigenvalue weighted by molar-refractivity contribution is -0.00260. The number of aliphatic hydroxyl groups is 1. The number of hydrogen-bond acceptors (Lipinski definition) is 2. The van der Waals surface area contributed by atoms with Crippen LogP contribution in [0.4, 0.5) is 0 Å². The molecule has 1 aliphatic carbocycles. The highest BCUT2D eigenvalue weighted by Gasteiger charge is 2.42. The van der Waals surface area contributed by atoms with Gasteiger partial charge in [-0.25, -0.2) is 0 Å². The van der Waals surface area contributed by atoms with Crippen molar-refractivity contribution in [3.63, 3.8) is 0 Å². The molecule has 0 aromatic carbocycles. The van der Waals surface area contributed by atoms with Crippen molar-refractivity contribution < 1.29 is 5.11 Å². The summed E-state index contributed by atoms with van der Waals surface area (Å²) in [5.41, 5.74) is 0.503. The van der Waals surface area contributed by atoms with Crippen LogP contribution in [0.25, 0.3) is 0 Å². The van der Waals surface area contributed by atoms with E-state index >= 15 is 0 Å². The fourth-order valence-electron chi connectivity index (χ4n) is 3.39. The van der Waals surface area contributed by atoms with Crippen LogP contribution >= 0.6 is 0 Å². The van der Waals surface area contributed by atoms with Gasteiger partial charge in [0.15, 0.2) is 0 Å². The van der Waals surface area contributed by atoms with Crippen LogP contribution < -0.4 is 5.32 Å². The van der Waals surface area contributed by atoms with Crippen LogP contribution in [-0.2, 0) is 0 Å². The Labute approximate surface area is 80.7 Å². The van der Waals surface area contributed by atoms with Crippen molar-refractivity contribution in [1.82, 2.24) is 5.32 Å². The topological polar surface area (TPSA) is 32.3 Å². The van der Waals surface area contributed by atoms with Crippen LogP contribution in [0.2, 0.25) is 0 Å². The first-order valence-corrected chi connectivity index (χ1v) is 5.44. The minimum absolute atomic E-state index is 0.396. The van der Waals surface area contributed by atoms with Gasteiger partial charge in [0, 0.05) is 6.61 Å². The zero-order chi connectivity index (χ0) is 9.47. The second-order valence-corrected chi connectivity index (χ2v) is 5.60. The summed E-state index contributed by atoms with van der Waals surface area (Å²) in [6.07, 6.45) is 2.56. The molecule has 0 aromatic heterocycles. The highest BCUT2D eigenvalue weighted by atomic mass is 16.3. The Morgan fingerprint density at radius 3 is 2.23 bits per heavy atom. The maximum Gasteiger partial charge on any atom is 0.0465 e. The van der Waals surface area contributed by atoms with E-state index in [0.717, 1.165) is 13.1 Å². The molecule has 2 bridgehead atoms. The highest BCUT2D eigenvalue weighted by Crippen LogP contribution is 2.46. The molecule has 0 spiro atoms. The summed E-state index contributed by atoms with van der Waals surface area (Å²) in [6.45, 7) is 7.36. The van der Waals surface area contributed by atoms with Gasteiger partial charge in [-0.1, -0.05) is 13.8 Å². The lowest BCUT2D eigenvalue weighted by Crippen LogP contribution is -2.51. The molecule has 1 saturated heterocycles. The van der Waals surface area contributed by atoms with Gasteiger partial charge in [0.2, 0.25) is 0 Å². The van der Waals surface area contributed by atoms with E-state index in [9.17, 15) is 5.11 Å². The van der Waals surface area contributed by atoms with E-state index in [1.54, 1.807) is 0 Å². The second kappa shape index (κ2) is 3.25. The molecule has 13 heavy (non-hydrogen) atoms. The predicted molar refractivity (Wildman–Crippen MR) is 53.4 cm³/mol. The van der Waals surface area contributed by atoms with E-state index in [-0.39, 0.29) is 0 Å². The van der Waals surface area contributed by atoms with Crippen LogP contribution in [0.5, 0.6) is 0 Å². The lowest BCUT2D eigenvalue weighted by atomic mass is 9.60. The summed E-state index contributed by atoms with van der Waals surface area (Å²) in [7, 11) is 0. The van der Waals surface area contributed by atoms with Crippen molar-refractivity contribution in [2.24, 2.45) is 23.2 Å². The third kappa shape index (κ3) is 1.75. The maximum atomic E-state index is 9.34. The number of fused-ring (bicyclic) bond motifs is 2. The average molecular weight is 183 g/mol. The Kier molecular flexibility index (Phi) is 2.37. The van der Waals surface area contributed by atoms with Crippen LogP contribution in [-0.4, -0.2) is 24.8 Å². The first kappa shape index (κ1) is 9.47. The monoisotopic (exact) mass is 183 g/mol. The van der Waals surface area contributed by atoms with Gasteiger partial charge in [-0.05, 0) is 49.1 Å². The molecule has 2 N–H and O–H groups in total. The molecular formula is C11H21NO. The van der Waals surface area contributed by atoms with Crippen molar-refractivity contribution in [3.8, 4) is 0 Å². The summed E-state index contributed by atoms with van der Waals surface area (Å²) >= 11 is 0. The zero-order valence-corrected chi connectivity index (χ0v) is 8.71. The van der Waals surface area contributed by atoms with Crippen LogP contribution in [0.15, 0.2) is 0 Å². The van der Waals surface area contributed by atoms with Crippen molar-refractivity contribution in [2.75, 3.05) is 19.7 Å². The van der Waals surface area contributed by atoms with Gasteiger partial charge in [-0.2, -0.15) is 0 Å². The summed E-state index contributed by atoms with van der Waals surface area (Å²) in [4.78, 5) is 0. The smallest absolute Gasteiger partial charge is 0.0465 e. The minimum Gasteiger partial charge on any atom is -0.396 e. The fourth-order valence-corrected chi connectivity index (χ4v) is 3.39. The van der Waals surface area contributed by atoms with Gasteiger partial charge in [0.25, 0.3) is 0 Å². The standard InChI is InChI=1S/C11H21NO/c1-11(2)3-8-5-12-6-9(4-11)10(8)7-13/h8-10,12-13H,3-7H2,1-2H3. The summed E-state index contributed by atoms with van der Waals surface area (Å²) in [6, 6.07) is 0. The average Bonchev–Trinajstić information content (AvgIpc) is 2.01. The number of rotatable bonds is 1. The Bertz CT molecular complexity index is 175. The Morgan fingerprint density at radius 1 is 1.23 bits per heavy atom. The molecule has 0 radical (unpaired) electrons. The molecule has 0 amide bonds. The third-order valence-corrected chi connectivity index (χ3v) is 3.86. The second-order valence-electron chi connectivity index (χ2n) is 5.60. The molecule has 2 heteroatoms. The Morgan fingerprint density at radius 2 is 1.77 bits per heavy atom. The van der Waals surface area contributed by atoms with Crippen LogP contribution in [0, 0.1) is 23.2 Å². The molecule has 2 atom stereocenters. The minimum atomic E-state index is 0.396. The van der Waals surface area contributed by atoms with E-state index in [1.165, 1.54) is 12.8 Å². The highest BCUT2D eigenvalue weighted by molar-refractivity contribution is 4.94. The number of hydrogen-bond donors (Lipinski definition) is 2. The molecule has 2 nitrogen and oxygen atoms in total. The fraction of sp³-hybridized carbons (Fsp3) is 1.00. The van der Waals surface area contributed by atoms with E-state index in [4.69, 9.17) is 0 Å². The van der Waals surface area contributed by atoms with Gasteiger partial charge in [-0.15, -0.1) is 0 Å². The first-order valence-electron chi connectivity index (χ1n) is 5.44. The summed E-state index contributed by atoms with van der Waals surface area (Å²) < 4.78 is 0. The predicted octanol–water partition coefficient (Wildman–Crippen LogP) is 1.25. The molecule has 2 unspecified atom stereocenters. The van der Waals surface area contributed by atoms with Crippen molar-refractivity contribution >= 4 is 0 Å². The molecule has 2 fully saturated rings. The van der Waals surface area contributed by atoms with Crippen molar-refractivity contribution in [3.05, 3.63) is 0 Å². The molecule has 2 rings (SSSR count). The van der Waals surface area contributed by atoms with Crippen LogP contribution in [0.1, 0.15) is 26.7 Å². The van der Waals surface area contributed by atoms with Crippen molar-refractivity contribution in [1.29, 1.82) is 0 Å². The van der Waals surface area contributed by atoms with Gasteiger partial charge in [-0.3, -0.25) is 0 Å². The number of piperidine rings is 1. The van der Waals surface area contributed by atoms with Crippen molar-refractivity contribution in [2.45, 2.75) is 26.7 Å². The van der Waals surface area contributed by atoms with Gasteiger partial charge in [0.05, 0.1) is 0 Å². The number of nitrogens with one attached hydrogen (secondary N) is 1. The van der Waals surface area contributed by atoms with Gasteiger partial charge >= 0.3 is 0 Å². The van der Waals surface area contributed by atoms with E-state index in [1.807, 2.05) is 0 Å². The number of aliphatic hydroxyl groups excluding tert-OH is 1. The van der Waals surface area contributed by atoms with E-state index < -0.39 is 0 Å². The normalized spacial score (nSPS) is 43.2. The van der Waals surface area contributed by atoms with Gasteiger partial charge < -0.3 is 10.4 Å². The molecular weight excluding hydrogens is 162 g/mol. The Hall–Kier alpha value is -0.0800. The molecule has 2 aliphatic rings. The van der Waals surface area contributed by atoms with Crippen LogP contribution in [0.3, 0.4) is 0 Å². The zero-order valence-electron chi connectivity index (χ0n) is 8.71. The van der Waals surface area contributed by atoms with Gasteiger partial charge in [0.1, 0.15) is 0 Å². The Balaban J connectivity index is 2.12. The SMILES string of the molecule is CC1(C)CC2CNCC(C1)C2CO. The van der Waals surface area contributed by atoms with E-state index in [2.05, 4.69) is 19.2 Å². The third-order valence-electron chi connectivity index (χ3n) is 3.86. The summed E-state index contributed by atoms with van der Waals surface area (Å²) in [5.74, 6) is 2.01. The largest absolute Gasteiger partial charge is 0.396 e. The molecule has 1 saturated carbocycles. The molecule has 1 heterocycles.